The van der Waals surface area contributed by atoms with Crippen molar-refractivity contribution in [2.24, 2.45) is 0 Å². The van der Waals surface area contributed by atoms with Gasteiger partial charge < -0.3 is 4.74 Å². The Kier molecular flexibility index (Phi) is 3.45. The number of fused-ring (bicyclic) bond motifs is 3. The number of nitrogens with one attached hydrogen (secondary N) is 1. The second-order valence-corrected chi connectivity index (χ2v) is 8.01. The maximum atomic E-state index is 12.3. The number of pyridine rings is 1. The summed E-state index contributed by atoms with van der Waals surface area (Å²) in [7, 11) is 0. The first-order valence-electron chi connectivity index (χ1n) is 10.0. The second-order valence-electron chi connectivity index (χ2n) is 8.01. The van der Waals surface area contributed by atoms with Gasteiger partial charge in [0.2, 0.25) is 0 Å². The van der Waals surface area contributed by atoms with Crippen LogP contribution in [-0.4, -0.2) is 25.6 Å². The molecule has 0 saturated heterocycles. The van der Waals surface area contributed by atoms with Gasteiger partial charge in [-0.3, -0.25) is 10.1 Å². The molecule has 4 heterocycles. The molecule has 1 aliphatic carbocycles. The van der Waals surface area contributed by atoms with Crippen LogP contribution in [0.5, 0.6) is 0 Å². The Morgan fingerprint density at radius 3 is 2.76 bits per heavy atom. The Balaban J connectivity index is 1.24. The summed E-state index contributed by atoms with van der Waals surface area (Å²) in [6.07, 6.45) is 9.04. The van der Waals surface area contributed by atoms with Crippen molar-refractivity contribution in [3.63, 3.8) is 0 Å². The normalized spacial score (nSPS) is 23.4. The number of benzene rings is 1. The SMILES string of the molecule is O=C1OC2(CCC(c3cc4nc(-c5ccccc5)cn4[nH]3)CC2)c2cnccc21. The fourth-order valence-corrected chi connectivity index (χ4v) is 4.84. The Morgan fingerprint density at radius 2 is 1.97 bits per heavy atom. The van der Waals surface area contributed by atoms with Crippen molar-refractivity contribution < 1.29 is 9.53 Å². The van der Waals surface area contributed by atoms with Crippen LogP contribution in [0, 0.1) is 0 Å². The molecule has 1 aromatic carbocycles. The van der Waals surface area contributed by atoms with Gasteiger partial charge in [-0.2, -0.15) is 0 Å². The molecule has 0 atom stereocenters. The van der Waals surface area contributed by atoms with E-state index in [0.717, 1.165) is 48.2 Å². The highest BCUT2D eigenvalue weighted by Gasteiger charge is 2.48. The molecule has 1 spiro atoms. The number of carbonyl (C=O) groups is 1. The van der Waals surface area contributed by atoms with Gasteiger partial charge >= 0.3 is 5.97 Å². The van der Waals surface area contributed by atoms with E-state index in [0.29, 0.717) is 11.5 Å². The fraction of sp³-hybridized carbons (Fsp3) is 0.261. The zero-order valence-electron chi connectivity index (χ0n) is 15.8. The summed E-state index contributed by atoms with van der Waals surface area (Å²) < 4.78 is 7.84. The first kappa shape index (κ1) is 16.5. The number of esters is 1. The van der Waals surface area contributed by atoms with Crippen molar-refractivity contribution in [1.29, 1.82) is 0 Å². The number of aromatic nitrogens is 4. The Labute approximate surface area is 167 Å². The molecule has 6 heteroatoms. The number of aromatic amines is 1. The molecular formula is C23H20N4O2. The van der Waals surface area contributed by atoms with Crippen molar-refractivity contribution in [1.82, 2.24) is 19.6 Å². The lowest BCUT2D eigenvalue weighted by Gasteiger charge is -2.36. The monoisotopic (exact) mass is 384 g/mol. The molecule has 3 aromatic heterocycles. The first-order valence-corrected chi connectivity index (χ1v) is 10.0. The van der Waals surface area contributed by atoms with Crippen LogP contribution in [0.25, 0.3) is 16.9 Å². The van der Waals surface area contributed by atoms with E-state index in [1.165, 1.54) is 5.69 Å². The molecule has 6 rings (SSSR count). The molecule has 6 nitrogen and oxygen atoms in total. The van der Waals surface area contributed by atoms with E-state index in [-0.39, 0.29) is 5.97 Å². The van der Waals surface area contributed by atoms with Gasteiger partial charge in [-0.05, 0) is 31.7 Å². The van der Waals surface area contributed by atoms with Gasteiger partial charge in [0.05, 0.1) is 17.5 Å². The van der Waals surface area contributed by atoms with E-state index in [1.807, 2.05) is 28.9 Å². The molecule has 0 bridgehead atoms. The van der Waals surface area contributed by atoms with E-state index in [1.54, 1.807) is 18.5 Å². The van der Waals surface area contributed by atoms with Gasteiger partial charge in [0.15, 0.2) is 5.65 Å². The van der Waals surface area contributed by atoms with Gasteiger partial charge in [0.1, 0.15) is 5.60 Å². The standard InChI is InChI=1S/C23H20N4O2/c28-22-17-8-11-24-13-18(17)23(29-22)9-6-16(7-10-23)19-12-21-25-20(14-27(21)26-19)15-4-2-1-3-5-15/h1-5,8,11-14,16,26H,6-7,9-10H2. The molecule has 1 N–H and O–H groups in total. The Hall–Kier alpha value is -3.41. The van der Waals surface area contributed by atoms with E-state index < -0.39 is 5.60 Å². The minimum Gasteiger partial charge on any atom is -0.450 e. The number of rotatable bonds is 2. The average molecular weight is 384 g/mol. The fourth-order valence-electron chi connectivity index (χ4n) is 4.84. The summed E-state index contributed by atoms with van der Waals surface area (Å²) in [6, 6.07) is 14.1. The third-order valence-electron chi connectivity index (χ3n) is 6.39. The van der Waals surface area contributed by atoms with Crippen molar-refractivity contribution in [2.45, 2.75) is 37.2 Å². The van der Waals surface area contributed by atoms with Gasteiger partial charge in [-0.1, -0.05) is 30.3 Å². The van der Waals surface area contributed by atoms with Crippen molar-refractivity contribution in [2.75, 3.05) is 0 Å². The number of hydrogen-bond donors (Lipinski definition) is 1. The zero-order valence-corrected chi connectivity index (χ0v) is 15.8. The van der Waals surface area contributed by atoms with Crippen LogP contribution >= 0.6 is 0 Å². The van der Waals surface area contributed by atoms with E-state index >= 15 is 0 Å². The van der Waals surface area contributed by atoms with E-state index in [2.05, 4.69) is 28.3 Å². The predicted octanol–water partition coefficient (Wildman–Crippen LogP) is 4.45. The molecule has 0 radical (unpaired) electrons. The van der Waals surface area contributed by atoms with Crippen LogP contribution in [0.2, 0.25) is 0 Å². The average Bonchev–Trinajstić information content (AvgIpc) is 3.41. The molecule has 0 amide bonds. The lowest BCUT2D eigenvalue weighted by molar-refractivity contribution is -0.0312. The zero-order chi connectivity index (χ0) is 19.4. The summed E-state index contributed by atoms with van der Waals surface area (Å²) in [5.41, 5.74) is 5.33. The molecule has 2 aliphatic rings. The number of hydrogen-bond acceptors (Lipinski definition) is 4. The summed E-state index contributed by atoms with van der Waals surface area (Å²) in [4.78, 5) is 21.2. The highest BCUT2D eigenvalue weighted by atomic mass is 16.6. The summed E-state index contributed by atoms with van der Waals surface area (Å²) in [5.74, 6) is 0.189. The van der Waals surface area contributed by atoms with Gasteiger partial charge in [-0.25, -0.2) is 14.3 Å². The van der Waals surface area contributed by atoms with Crippen molar-refractivity contribution >= 4 is 11.6 Å². The number of nitrogens with zero attached hydrogens (tertiary/aromatic N) is 3. The van der Waals surface area contributed by atoms with Crippen molar-refractivity contribution in [3.8, 4) is 11.3 Å². The Morgan fingerprint density at radius 1 is 1.14 bits per heavy atom. The number of imidazole rings is 1. The van der Waals surface area contributed by atoms with Crippen LogP contribution < -0.4 is 0 Å². The predicted molar refractivity (Wildman–Crippen MR) is 108 cm³/mol. The molecule has 1 saturated carbocycles. The molecule has 4 aromatic rings. The lowest BCUT2D eigenvalue weighted by atomic mass is 9.74. The van der Waals surface area contributed by atoms with Crippen LogP contribution in [-0.2, 0) is 10.3 Å². The maximum absolute atomic E-state index is 12.3. The number of H-pyrrole nitrogens is 1. The quantitative estimate of drug-likeness (QED) is 0.518. The van der Waals surface area contributed by atoms with Gasteiger partial charge in [0.25, 0.3) is 0 Å². The minimum absolute atomic E-state index is 0.215. The number of carbonyl (C=O) groups excluding carboxylic acids is 1. The third-order valence-corrected chi connectivity index (χ3v) is 6.39. The highest BCUT2D eigenvalue weighted by Crippen LogP contribution is 2.49. The van der Waals surface area contributed by atoms with Crippen LogP contribution in [0.3, 0.4) is 0 Å². The van der Waals surface area contributed by atoms with Crippen LogP contribution in [0.1, 0.15) is 53.2 Å². The van der Waals surface area contributed by atoms with Crippen LogP contribution in [0.15, 0.2) is 61.1 Å². The summed E-state index contributed by atoms with van der Waals surface area (Å²) >= 11 is 0. The number of ether oxygens (including phenoxy) is 1. The third kappa shape index (κ3) is 2.52. The maximum Gasteiger partial charge on any atom is 0.339 e. The van der Waals surface area contributed by atoms with Gasteiger partial charge in [0, 0.05) is 41.2 Å². The molecule has 1 aliphatic heterocycles. The van der Waals surface area contributed by atoms with E-state index in [4.69, 9.17) is 9.72 Å². The van der Waals surface area contributed by atoms with E-state index in [9.17, 15) is 4.79 Å². The Bertz CT molecular complexity index is 1180. The lowest BCUT2D eigenvalue weighted by Crippen LogP contribution is -2.31. The second kappa shape index (κ2) is 6.04. The van der Waals surface area contributed by atoms with Gasteiger partial charge in [-0.15, -0.1) is 0 Å². The van der Waals surface area contributed by atoms with Crippen molar-refractivity contribution in [3.05, 3.63) is 77.9 Å². The molecule has 29 heavy (non-hydrogen) atoms. The highest BCUT2D eigenvalue weighted by molar-refractivity contribution is 5.94. The molecule has 1 fully saturated rings. The molecular weight excluding hydrogens is 364 g/mol. The first-order chi connectivity index (χ1) is 14.2. The minimum atomic E-state index is -0.496. The summed E-state index contributed by atoms with van der Waals surface area (Å²) in [5, 5.41) is 3.50. The topological polar surface area (TPSA) is 72.3 Å². The molecule has 0 unspecified atom stereocenters. The molecule has 144 valence electrons. The van der Waals surface area contributed by atoms with Crippen LogP contribution in [0.4, 0.5) is 0 Å². The largest absolute Gasteiger partial charge is 0.450 e. The smallest absolute Gasteiger partial charge is 0.339 e. The summed E-state index contributed by atoms with van der Waals surface area (Å²) in [6.45, 7) is 0.